The number of rotatable bonds is 5. The first kappa shape index (κ1) is 17.8. The van der Waals surface area contributed by atoms with Gasteiger partial charge in [0.05, 0.1) is 0 Å². The van der Waals surface area contributed by atoms with Gasteiger partial charge in [0.1, 0.15) is 17.8 Å². The van der Waals surface area contributed by atoms with Crippen LogP contribution >= 0.6 is 0 Å². The Kier molecular flexibility index (Phi) is 4.80. The third-order valence-electron chi connectivity index (χ3n) is 4.58. The molecule has 7 heteroatoms. The van der Waals surface area contributed by atoms with Crippen LogP contribution in [0.1, 0.15) is 27.2 Å². The Morgan fingerprint density at radius 2 is 1.86 bits per heavy atom. The molecule has 1 aromatic heterocycles. The number of amides is 1. The van der Waals surface area contributed by atoms with Crippen molar-refractivity contribution in [3.63, 3.8) is 0 Å². The van der Waals surface area contributed by atoms with Gasteiger partial charge in [-0.3, -0.25) is 4.79 Å². The quantitative estimate of drug-likeness (QED) is 0.706. The third-order valence-corrected chi connectivity index (χ3v) is 4.58. The number of aromatic nitrogens is 2. The maximum absolute atomic E-state index is 12.5. The highest BCUT2D eigenvalue weighted by molar-refractivity contribution is 6.03. The van der Waals surface area contributed by atoms with E-state index in [0.717, 1.165) is 28.3 Å². The number of ether oxygens (including phenoxy) is 2. The summed E-state index contributed by atoms with van der Waals surface area (Å²) in [6, 6.07) is 13.2. The second-order valence-corrected chi connectivity index (χ2v) is 6.58. The van der Waals surface area contributed by atoms with E-state index in [1.165, 1.54) is 11.9 Å². The molecule has 0 unspecified atom stereocenters. The first-order valence-electron chi connectivity index (χ1n) is 8.91. The monoisotopic (exact) mass is 376 g/mol. The number of anilines is 2. The van der Waals surface area contributed by atoms with Gasteiger partial charge in [-0.15, -0.1) is 0 Å². The van der Waals surface area contributed by atoms with E-state index < -0.39 is 0 Å². The predicted octanol–water partition coefficient (Wildman–Crippen LogP) is 3.69. The fourth-order valence-electron chi connectivity index (χ4n) is 2.84. The van der Waals surface area contributed by atoms with Gasteiger partial charge in [0.15, 0.2) is 11.5 Å². The zero-order valence-electron chi connectivity index (χ0n) is 15.7. The number of carbonyl (C=O) groups is 1. The van der Waals surface area contributed by atoms with Crippen molar-refractivity contribution < 1.29 is 14.3 Å². The lowest BCUT2D eigenvalue weighted by atomic mass is 10.1. The molecule has 0 bridgehead atoms. The highest BCUT2D eigenvalue weighted by Gasteiger charge is 2.13. The van der Waals surface area contributed by atoms with Gasteiger partial charge >= 0.3 is 0 Å². The van der Waals surface area contributed by atoms with Gasteiger partial charge in [-0.25, -0.2) is 9.97 Å². The second kappa shape index (κ2) is 7.56. The van der Waals surface area contributed by atoms with E-state index >= 15 is 0 Å². The van der Waals surface area contributed by atoms with Crippen LogP contribution in [0, 0.1) is 13.8 Å². The number of nitrogens with one attached hydrogen (secondary N) is 2. The summed E-state index contributed by atoms with van der Waals surface area (Å²) in [5.41, 5.74) is 4.34. The van der Waals surface area contributed by atoms with Crippen LogP contribution in [0.25, 0.3) is 0 Å². The fraction of sp³-hybridized carbons (Fsp3) is 0.190. The van der Waals surface area contributed by atoms with Crippen molar-refractivity contribution in [2.24, 2.45) is 0 Å². The number of benzene rings is 2. The molecule has 0 atom stereocenters. The van der Waals surface area contributed by atoms with Crippen molar-refractivity contribution in [3.05, 3.63) is 71.2 Å². The van der Waals surface area contributed by atoms with Crippen LogP contribution in [0.4, 0.5) is 11.5 Å². The van der Waals surface area contributed by atoms with E-state index in [-0.39, 0.29) is 12.7 Å². The van der Waals surface area contributed by atoms with E-state index in [9.17, 15) is 4.79 Å². The minimum atomic E-state index is -0.281. The first-order chi connectivity index (χ1) is 13.6. The molecular formula is C21H20N4O3. The molecule has 0 saturated heterocycles. The van der Waals surface area contributed by atoms with Crippen molar-refractivity contribution in [2.45, 2.75) is 20.4 Å². The normalized spacial score (nSPS) is 11.9. The Hall–Kier alpha value is -3.61. The molecule has 2 heterocycles. The van der Waals surface area contributed by atoms with Gasteiger partial charge in [0.2, 0.25) is 6.79 Å². The molecule has 0 fully saturated rings. The second-order valence-electron chi connectivity index (χ2n) is 6.58. The Balaban J connectivity index is 1.42. The lowest BCUT2D eigenvalue weighted by Gasteiger charge is -2.09. The van der Waals surface area contributed by atoms with E-state index in [4.69, 9.17) is 9.47 Å². The number of hydrogen-bond donors (Lipinski definition) is 2. The first-order valence-corrected chi connectivity index (χ1v) is 8.91. The number of aryl methyl sites for hydroxylation is 2. The Bertz CT molecular complexity index is 1040. The van der Waals surface area contributed by atoms with Crippen LogP contribution in [-0.4, -0.2) is 22.7 Å². The lowest BCUT2D eigenvalue weighted by molar-refractivity contribution is 0.102. The average Bonchev–Trinajstić information content (AvgIpc) is 3.17. The zero-order chi connectivity index (χ0) is 19.5. The van der Waals surface area contributed by atoms with E-state index in [1.807, 2.05) is 50.2 Å². The van der Waals surface area contributed by atoms with Crippen LogP contribution in [0.2, 0.25) is 0 Å². The predicted molar refractivity (Wildman–Crippen MR) is 106 cm³/mol. The maximum Gasteiger partial charge on any atom is 0.274 e. The number of hydrogen-bond acceptors (Lipinski definition) is 6. The molecule has 1 aliphatic rings. The lowest BCUT2D eigenvalue weighted by Crippen LogP contribution is -2.15. The summed E-state index contributed by atoms with van der Waals surface area (Å²) >= 11 is 0. The SMILES string of the molecule is Cc1ccc(NC(=O)c2cc(NCc3ccc4c(c3)OCO4)ncn2)cc1C. The summed E-state index contributed by atoms with van der Waals surface area (Å²) in [6.45, 7) is 4.82. The smallest absolute Gasteiger partial charge is 0.274 e. The molecule has 1 aliphatic heterocycles. The van der Waals surface area contributed by atoms with Gasteiger partial charge in [-0.05, 0) is 54.8 Å². The topological polar surface area (TPSA) is 85.4 Å². The van der Waals surface area contributed by atoms with Crippen LogP contribution in [-0.2, 0) is 6.54 Å². The summed E-state index contributed by atoms with van der Waals surface area (Å²) < 4.78 is 10.7. The maximum atomic E-state index is 12.5. The highest BCUT2D eigenvalue weighted by atomic mass is 16.7. The van der Waals surface area contributed by atoms with Crippen molar-refractivity contribution in [3.8, 4) is 11.5 Å². The molecule has 0 spiro atoms. The number of carbonyl (C=O) groups excluding carboxylic acids is 1. The van der Waals surface area contributed by atoms with Gasteiger partial charge in [-0.2, -0.15) is 0 Å². The van der Waals surface area contributed by atoms with E-state index in [2.05, 4.69) is 20.6 Å². The summed E-state index contributed by atoms with van der Waals surface area (Å²) in [7, 11) is 0. The molecule has 4 rings (SSSR count). The Morgan fingerprint density at radius 3 is 2.71 bits per heavy atom. The number of nitrogens with zero attached hydrogens (tertiary/aromatic N) is 2. The molecule has 28 heavy (non-hydrogen) atoms. The minimum Gasteiger partial charge on any atom is -0.454 e. The molecule has 2 N–H and O–H groups in total. The van der Waals surface area contributed by atoms with Crippen molar-refractivity contribution in [1.29, 1.82) is 0 Å². The molecule has 1 amide bonds. The van der Waals surface area contributed by atoms with Crippen molar-refractivity contribution in [2.75, 3.05) is 17.4 Å². The van der Waals surface area contributed by atoms with Crippen LogP contribution in [0.3, 0.4) is 0 Å². The highest BCUT2D eigenvalue weighted by Crippen LogP contribution is 2.32. The Labute approximate surface area is 162 Å². The van der Waals surface area contributed by atoms with E-state index in [1.54, 1.807) is 6.07 Å². The largest absolute Gasteiger partial charge is 0.454 e. The Morgan fingerprint density at radius 1 is 1.00 bits per heavy atom. The van der Waals surface area contributed by atoms with Gasteiger partial charge in [-0.1, -0.05) is 12.1 Å². The number of fused-ring (bicyclic) bond motifs is 1. The van der Waals surface area contributed by atoms with Crippen LogP contribution < -0.4 is 20.1 Å². The molecule has 142 valence electrons. The summed E-state index contributed by atoms with van der Waals surface area (Å²) in [5, 5.41) is 6.07. The molecule has 0 aliphatic carbocycles. The summed E-state index contributed by atoms with van der Waals surface area (Å²) in [5.74, 6) is 1.77. The molecule has 2 aromatic carbocycles. The van der Waals surface area contributed by atoms with Crippen LogP contribution in [0.5, 0.6) is 11.5 Å². The van der Waals surface area contributed by atoms with Crippen molar-refractivity contribution >= 4 is 17.4 Å². The molecule has 0 radical (unpaired) electrons. The van der Waals surface area contributed by atoms with E-state index in [0.29, 0.717) is 18.1 Å². The third kappa shape index (κ3) is 3.88. The van der Waals surface area contributed by atoms with Gasteiger partial charge < -0.3 is 20.1 Å². The minimum absolute atomic E-state index is 0.247. The fourth-order valence-corrected chi connectivity index (χ4v) is 2.84. The molecule has 7 nitrogen and oxygen atoms in total. The average molecular weight is 376 g/mol. The summed E-state index contributed by atoms with van der Waals surface area (Å²) in [4.78, 5) is 20.8. The molecule has 0 saturated carbocycles. The summed E-state index contributed by atoms with van der Waals surface area (Å²) in [6.07, 6.45) is 1.37. The molecular weight excluding hydrogens is 356 g/mol. The zero-order valence-corrected chi connectivity index (χ0v) is 15.7. The standard InChI is InChI=1S/C21H20N4O3/c1-13-3-5-16(7-14(13)2)25-21(26)17-9-20(24-11-23-17)22-10-15-4-6-18-19(8-15)28-12-27-18/h3-9,11H,10,12H2,1-2H3,(H,25,26)(H,22,23,24). The van der Waals surface area contributed by atoms with Gasteiger partial charge in [0.25, 0.3) is 5.91 Å². The molecule has 3 aromatic rings. The van der Waals surface area contributed by atoms with Crippen LogP contribution in [0.15, 0.2) is 48.8 Å². The van der Waals surface area contributed by atoms with Gasteiger partial charge in [0, 0.05) is 18.3 Å². The van der Waals surface area contributed by atoms with Crippen molar-refractivity contribution in [1.82, 2.24) is 9.97 Å².